The van der Waals surface area contributed by atoms with E-state index in [9.17, 15) is 4.57 Å². The van der Waals surface area contributed by atoms with Crippen molar-refractivity contribution in [1.29, 1.82) is 0 Å². The zero-order valence-corrected chi connectivity index (χ0v) is 12.1. The SMILES string of the molecule is CCCCCCCCC=COP(=O)(O)OCCN. The zero-order chi connectivity index (χ0) is 13.7. The van der Waals surface area contributed by atoms with E-state index < -0.39 is 7.82 Å². The van der Waals surface area contributed by atoms with E-state index in [1.54, 1.807) is 6.08 Å². The molecule has 1 unspecified atom stereocenters. The summed E-state index contributed by atoms with van der Waals surface area (Å²) < 4.78 is 20.4. The Labute approximate surface area is 110 Å². The molecule has 0 aromatic heterocycles. The van der Waals surface area contributed by atoms with Crippen LogP contribution in [0.1, 0.15) is 51.9 Å². The monoisotopic (exact) mass is 279 g/mol. The van der Waals surface area contributed by atoms with Crippen LogP contribution in [0.3, 0.4) is 0 Å². The molecule has 0 spiro atoms. The summed E-state index contributed by atoms with van der Waals surface area (Å²) in [7, 11) is -3.95. The number of phosphoric ester groups is 1. The van der Waals surface area contributed by atoms with E-state index in [0.29, 0.717) is 0 Å². The highest BCUT2D eigenvalue weighted by Crippen LogP contribution is 2.43. The third kappa shape index (κ3) is 12.1. The van der Waals surface area contributed by atoms with E-state index in [1.807, 2.05) is 0 Å². The quantitative estimate of drug-likeness (QED) is 0.325. The molecule has 1 atom stereocenters. The topological polar surface area (TPSA) is 81.8 Å². The van der Waals surface area contributed by atoms with Crippen LogP contribution in [-0.2, 0) is 13.6 Å². The minimum Gasteiger partial charge on any atom is -0.412 e. The molecule has 0 rings (SSSR count). The van der Waals surface area contributed by atoms with Gasteiger partial charge >= 0.3 is 7.82 Å². The van der Waals surface area contributed by atoms with Crippen LogP contribution in [0.4, 0.5) is 0 Å². The fourth-order valence-electron chi connectivity index (χ4n) is 1.43. The second-order valence-electron chi connectivity index (χ2n) is 4.12. The van der Waals surface area contributed by atoms with Gasteiger partial charge in [-0.3, -0.25) is 9.42 Å². The molecular formula is C12H26NO4P. The van der Waals surface area contributed by atoms with Gasteiger partial charge in [0, 0.05) is 6.54 Å². The second-order valence-corrected chi connectivity index (χ2v) is 5.53. The lowest BCUT2D eigenvalue weighted by Crippen LogP contribution is -2.07. The largest absolute Gasteiger partial charge is 0.526 e. The molecular weight excluding hydrogens is 253 g/mol. The van der Waals surface area contributed by atoms with Crippen molar-refractivity contribution in [3.63, 3.8) is 0 Å². The van der Waals surface area contributed by atoms with Crippen LogP contribution in [0, 0.1) is 0 Å². The third-order valence-electron chi connectivity index (χ3n) is 2.39. The molecule has 0 aromatic carbocycles. The molecule has 0 saturated heterocycles. The van der Waals surface area contributed by atoms with Crippen LogP contribution < -0.4 is 5.73 Å². The Balaban J connectivity index is 3.44. The van der Waals surface area contributed by atoms with Gasteiger partial charge in [-0.25, -0.2) is 4.57 Å². The normalized spacial score (nSPS) is 14.8. The minimum absolute atomic E-state index is 0.0129. The number of allylic oxidation sites excluding steroid dienone is 1. The first-order chi connectivity index (χ1) is 8.62. The Morgan fingerprint density at radius 1 is 1.22 bits per heavy atom. The molecule has 0 heterocycles. The lowest BCUT2D eigenvalue weighted by atomic mass is 10.1. The Morgan fingerprint density at radius 3 is 2.56 bits per heavy atom. The minimum atomic E-state index is -3.95. The van der Waals surface area contributed by atoms with Gasteiger partial charge in [0.25, 0.3) is 0 Å². The Morgan fingerprint density at radius 2 is 1.89 bits per heavy atom. The molecule has 0 aliphatic heterocycles. The van der Waals surface area contributed by atoms with E-state index in [4.69, 9.17) is 10.6 Å². The summed E-state index contributed by atoms with van der Waals surface area (Å²) in [5.41, 5.74) is 5.15. The first-order valence-corrected chi connectivity index (χ1v) is 8.12. The number of hydrogen-bond acceptors (Lipinski definition) is 4. The molecule has 6 heteroatoms. The standard InChI is InChI=1S/C12H26NO4P/c1-2-3-4-5-6-7-8-9-11-16-18(14,15)17-12-10-13/h9,11H,2-8,10,12-13H2,1H3,(H,14,15). The summed E-state index contributed by atoms with van der Waals surface area (Å²) in [6.07, 6.45) is 11.2. The molecule has 0 saturated carbocycles. The predicted molar refractivity (Wildman–Crippen MR) is 73.0 cm³/mol. The number of nitrogens with two attached hydrogens (primary N) is 1. The fraction of sp³-hybridized carbons (Fsp3) is 0.833. The summed E-state index contributed by atoms with van der Waals surface area (Å²) >= 11 is 0. The first kappa shape index (κ1) is 17.6. The van der Waals surface area contributed by atoms with Crippen molar-refractivity contribution in [2.75, 3.05) is 13.2 Å². The maximum absolute atomic E-state index is 11.2. The van der Waals surface area contributed by atoms with Crippen LogP contribution in [0.5, 0.6) is 0 Å². The molecule has 3 N–H and O–H groups in total. The van der Waals surface area contributed by atoms with E-state index in [-0.39, 0.29) is 13.2 Å². The van der Waals surface area contributed by atoms with Gasteiger partial charge in [-0.2, -0.15) is 0 Å². The van der Waals surface area contributed by atoms with Gasteiger partial charge in [0.05, 0.1) is 12.9 Å². The molecule has 5 nitrogen and oxygen atoms in total. The lowest BCUT2D eigenvalue weighted by Gasteiger charge is -2.08. The smallest absolute Gasteiger partial charge is 0.412 e. The highest BCUT2D eigenvalue weighted by molar-refractivity contribution is 7.47. The Kier molecular flexibility index (Phi) is 11.5. The van der Waals surface area contributed by atoms with E-state index in [0.717, 1.165) is 12.8 Å². The van der Waals surface area contributed by atoms with Gasteiger partial charge in [0.2, 0.25) is 0 Å². The van der Waals surface area contributed by atoms with Gasteiger partial charge < -0.3 is 10.3 Å². The predicted octanol–water partition coefficient (Wildman–Crippen LogP) is 3.34. The second kappa shape index (κ2) is 11.7. The average Bonchev–Trinajstić information content (AvgIpc) is 2.34. The highest BCUT2D eigenvalue weighted by atomic mass is 31.2. The van der Waals surface area contributed by atoms with Crippen LogP contribution in [0.2, 0.25) is 0 Å². The molecule has 0 aromatic rings. The van der Waals surface area contributed by atoms with Gasteiger partial charge in [0.15, 0.2) is 0 Å². The zero-order valence-electron chi connectivity index (χ0n) is 11.2. The summed E-state index contributed by atoms with van der Waals surface area (Å²) in [5.74, 6) is 0. The van der Waals surface area contributed by atoms with Crippen LogP contribution in [0.25, 0.3) is 0 Å². The number of unbranched alkanes of at least 4 members (excludes halogenated alkanes) is 6. The number of hydrogen-bond donors (Lipinski definition) is 2. The van der Waals surface area contributed by atoms with Gasteiger partial charge in [-0.05, 0) is 18.9 Å². The molecule has 0 amide bonds. The summed E-state index contributed by atoms with van der Waals surface area (Å²) in [4.78, 5) is 9.15. The fourth-order valence-corrected chi connectivity index (χ4v) is 2.07. The molecule has 0 aliphatic carbocycles. The maximum atomic E-state index is 11.2. The van der Waals surface area contributed by atoms with E-state index in [2.05, 4.69) is 16.0 Å². The summed E-state index contributed by atoms with van der Waals surface area (Å²) in [5, 5.41) is 0. The van der Waals surface area contributed by atoms with Gasteiger partial charge in [-0.1, -0.05) is 39.0 Å². The summed E-state index contributed by atoms with van der Waals surface area (Å²) in [6.45, 7) is 2.40. The molecule has 0 aliphatic rings. The molecule has 108 valence electrons. The van der Waals surface area contributed by atoms with Crippen LogP contribution >= 0.6 is 7.82 Å². The maximum Gasteiger partial charge on any atom is 0.526 e. The van der Waals surface area contributed by atoms with Crippen molar-refractivity contribution in [3.05, 3.63) is 12.3 Å². The Hall–Kier alpha value is -0.350. The molecule has 0 fully saturated rings. The van der Waals surface area contributed by atoms with Crippen molar-refractivity contribution < 1.29 is 18.5 Å². The van der Waals surface area contributed by atoms with Crippen LogP contribution in [0.15, 0.2) is 12.3 Å². The van der Waals surface area contributed by atoms with Crippen molar-refractivity contribution in [3.8, 4) is 0 Å². The van der Waals surface area contributed by atoms with Crippen molar-refractivity contribution in [1.82, 2.24) is 0 Å². The van der Waals surface area contributed by atoms with Crippen molar-refractivity contribution in [2.45, 2.75) is 51.9 Å². The van der Waals surface area contributed by atoms with Gasteiger partial charge in [0.1, 0.15) is 0 Å². The number of phosphoric acid groups is 1. The van der Waals surface area contributed by atoms with E-state index >= 15 is 0 Å². The third-order valence-corrected chi connectivity index (χ3v) is 3.28. The number of rotatable bonds is 12. The molecule has 0 bridgehead atoms. The Bertz CT molecular complexity index is 258. The molecule has 0 radical (unpaired) electrons. The first-order valence-electron chi connectivity index (χ1n) is 6.63. The molecule has 18 heavy (non-hydrogen) atoms. The lowest BCUT2D eigenvalue weighted by molar-refractivity contribution is 0.192. The highest BCUT2D eigenvalue weighted by Gasteiger charge is 2.19. The van der Waals surface area contributed by atoms with Gasteiger partial charge in [-0.15, -0.1) is 0 Å². The van der Waals surface area contributed by atoms with E-state index in [1.165, 1.54) is 38.4 Å². The van der Waals surface area contributed by atoms with Crippen molar-refractivity contribution >= 4 is 7.82 Å². The summed E-state index contributed by atoms with van der Waals surface area (Å²) in [6, 6.07) is 0. The van der Waals surface area contributed by atoms with Crippen LogP contribution in [-0.4, -0.2) is 18.0 Å². The average molecular weight is 279 g/mol. The van der Waals surface area contributed by atoms with Crippen molar-refractivity contribution in [2.24, 2.45) is 5.73 Å².